The van der Waals surface area contributed by atoms with Gasteiger partial charge >= 0.3 is 5.97 Å². The van der Waals surface area contributed by atoms with Gasteiger partial charge in [-0.1, -0.05) is 12.8 Å². The van der Waals surface area contributed by atoms with Crippen molar-refractivity contribution in [3.05, 3.63) is 17.7 Å². The Kier molecular flexibility index (Phi) is 3.67. The second kappa shape index (κ2) is 5.48. The Hall–Kier alpha value is -1.89. The summed E-state index contributed by atoms with van der Waals surface area (Å²) in [6.45, 7) is 0.272. The van der Waals surface area contributed by atoms with Gasteiger partial charge in [-0.3, -0.25) is 4.79 Å². The average molecular weight is 292 g/mol. The van der Waals surface area contributed by atoms with Gasteiger partial charge in [0.15, 0.2) is 0 Å². The molecule has 1 aromatic heterocycles. The number of aliphatic carboxylic acids is 1. The van der Waals surface area contributed by atoms with Crippen LogP contribution >= 0.6 is 0 Å². The number of aromatic amines is 1. The Morgan fingerprint density at radius 3 is 2.86 bits per heavy atom. The first-order valence-corrected chi connectivity index (χ1v) is 7.38. The maximum absolute atomic E-state index is 12.8. The number of carboxylic acids is 1. The van der Waals surface area contributed by atoms with E-state index in [1.807, 2.05) is 0 Å². The van der Waals surface area contributed by atoms with Gasteiger partial charge in [-0.15, -0.1) is 0 Å². The molecule has 1 aromatic rings. The smallest absolute Gasteiger partial charge is 0.326 e. The lowest BCUT2D eigenvalue weighted by Crippen LogP contribution is -2.53. The molecule has 4 N–H and O–H groups in total. The van der Waals surface area contributed by atoms with E-state index in [-0.39, 0.29) is 30.8 Å². The number of aromatic nitrogens is 2. The molecule has 0 spiro atoms. The van der Waals surface area contributed by atoms with E-state index in [1.165, 1.54) is 4.90 Å². The van der Waals surface area contributed by atoms with Gasteiger partial charge < -0.3 is 20.7 Å². The van der Waals surface area contributed by atoms with E-state index in [2.05, 4.69) is 9.97 Å². The molecule has 0 bridgehead atoms. The Morgan fingerprint density at radius 1 is 1.38 bits per heavy atom. The third kappa shape index (κ3) is 2.53. The number of carbonyl (C=O) groups excluding carboxylic acids is 1. The van der Waals surface area contributed by atoms with Crippen LogP contribution in [0, 0.1) is 5.92 Å². The number of fused-ring (bicyclic) bond motifs is 1. The van der Waals surface area contributed by atoms with Gasteiger partial charge in [0.1, 0.15) is 6.04 Å². The molecule has 7 heteroatoms. The summed E-state index contributed by atoms with van der Waals surface area (Å²) >= 11 is 0. The molecule has 1 aliphatic heterocycles. The van der Waals surface area contributed by atoms with Crippen LogP contribution in [0.4, 0.5) is 0 Å². The first kappa shape index (κ1) is 14.1. The number of rotatable bonds is 2. The lowest BCUT2D eigenvalue weighted by Gasteiger charge is -2.37. The molecular formula is C14H20N4O3. The summed E-state index contributed by atoms with van der Waals surface area (Å²) in [7, 11) is 0. The molecule has 0 radical (unpaired) electrons. The van der Waals surface area contributed by atoms with Crippen LogP contribution in [0.5, 0.6) is 0 Å². The van der Waals surface area contributed by atoms with Crippen molar-refractivity contribution in [3.8, 4) is 0 Å². The number of H-pyrrole nitrogens is 1. The number of amides is 1. The number of carboxylic acid groups (broad SMARTS) is 1. The van der Waals surface area contributed by atoms with Gasteiger partial charge in [0.2, 0.25) is 5.91 Å². The van der Waals surface area contributed by atoms with Crippen LogP contribution in [0.15, 0.2) is 6.33 Å². The highest BCUT2D eigenvalue weighted by Crippen LogP contribution is 2.29. The zero-order valence-corrected chi connectivity index (χ0v) is 11.8. The number of carbonyl (C=O) groups is 2. The molecule has 2 aliphatic rings. The summed E-state index contributed by atoms with van der Waals surface area (Å²) in [6.07, 6.45) is 5.39. The number of nitrogens with two attached hydrogens (primary N) is 1. The quantitative estimate of drug-likeness (QED) is 0.724. The fourth-order valence-corrected chi connectivity index (χ4v) is 3.37. The summed E-state index contributed by atoms with van der Waals surface area (Å²) < 4.78 is 0. The number of nitrogens with zero attached hydrogens (tertiary/aromatic N) is 2. The van der Waals surface area contributed by atoms with Crippen molar-refractivity contribution in [2.45, 2.75) is 50.7 Å². The Morgan fingerprint density at radius 2 is 2.14 bits per heavy atom. The van der Waals surface area contributed by atoms with Crippen LogP contribution in [0.2, 0.25) is 0 Å². The van der Waals surface area contributed by atoms with Gasteiger partial charge in [0, 0.05) is 12.5 Å². The Bertz CT molecular complexity index is 556. The van der Waals surface area contributed by atoms with E-state index in [0.717, 1.165) is 37.1 Å². The molecule has 114 valence electrons. The van der Waals surface area contributed by atoms with Crippen molar-refractivity contribution in [3.63, 3.8) is 0 Å². The largest absolute Gasteiger partial charge is 0.480 e. The molecular weight excluding hydrogens is 272 g/mol. The fourth-order valence-electron chi connectivity index (χ4n) is 3.37. The number of hydrogen-bond donors (Lipinski definition) is 3. The number of hydrogen-bond acceptors (Lipinski definition) is 4. The minimum atomic E-state index is -0.985. The minimum Gasteiger partial charge on any atom is -0.480 e. The lowest BCUT2D eigenvalue weighted by atomic mass is 9.83. The van der Waals surface area contributed by atoms with E-state index < -0.39 is 12.0 Å². The molecule has 1 saturated carbocycles. The van der Waals surface area contributed by atoms with Gasteiger partial charge in [0.05, 0.1) is 30.2 Å². The molecule has 3 unspecified atom stereocenters. The van der Waals surface area contributed by atoms with Crippen LogP contribution in [-0.2, 0) is 22.6 Å². The van der Waals surface area contributed by atoms with E-state index >= 15 is 0 Å². The molecule has 1 aliphatic carbocycles. The van der Waals surface area contributed by atoms with Gasteiger partial charge in [-0.05, 0) is 12.8 Å². The van der Waals surface area contributed by atoms with E-state index in [9.17, 15) is 14.7 Å². The van der Waals surface area contributed by atoms with Crippen molar-refractivity contribution in [2.75, 3.05) is 0 Å². The molecule has 21 heavy (non-hydrogen) atoms. The van der Waals surface area contributed by atoms with Crippen LogP contribution < -0.4 is 5.73 Å². The number of imidazole rings is 1. The van der Waals surface area contributed by atoms with Gasteiger partial charge in [-0.2, -0.15) is 0 Å². The third-order valence-electron chi connectivity index (χ3n) is 4.60. The maximum atomic E-state index is 12.8. The van der Waals surface area contributed by atoms with E-state index in [0.29, 0.717) is 0 Å². The van der Waals surface area contributed by atoms with Crippen LogP contribution in [0.25, 0.3) is 0 Å². The fraction of sp³-hybridized carbons (Fsp3) is 0.643. The summed E-state index contributed by atoms with van der Waals surface area (Å²) in [5.41, 5.74) is 7.63. The summed E-state index contributed by atoms with van der Waals surface area (Å²) in [4.78, 5) is 32.8. The SMILES string of the molecule is NC1CCCCC1C(=O)N1Cc2[nH]cnc2CC1C(=O)O. The normalized spacial score (nSPS) is 29.0. The Balaban J connectivity index is 1.84. The first-order valence-electron chi connectivity index (χ1n) is 7.38. The zero-order chi connectivity index (χ0) is 15.0. The highest BCUT2D eigenvalue weighted by Gasteiger charge is 2.40. The van der Waals surface area contributed by atoms with Crippen LogP contribution in [0.3, 0.4) is 0 Å². The van der Waals surface area contributed by atoms with Crippen molar-refractivity contribution in [1.82, 2.24) is 14.9 Å². The Labute approximate surface area is 122 Å². The minimum absolute atomic E-state index is 0.130. The average Bonchev–Trinajstić information content (AvgIpc) is 2.93. The summed E-state index contributed by atoms with van der Waals surface area (Å²) in [5.74, 6) is -1.37. The molecule has 3 atom stereocenters. The monoisotopic (exact) mass is 292 g/mol. The van der Waals surface area contributed by atoms with Crippen LogP contribution in [0.1, 0.15) is 37.1 Å². The highest BCUT2D eigenvalue weighted by atomic mass is 16.4. The third-order valence-corrected chi connectivity index (χ3v) is 4.60. The van der Waals surface area contributed by atoms with Crippen LogP contribution in [-0.4, -0.2) is 43.9 Å². The molecule has 1 fully saturated rings. The van der Waals surface area contributed by atoms with Crippen molar-refractivity contribution in [2.24, 2.45) is 11.7 Å². The van der Waals surface area contributed by atoms with E-state index in [1.54, 1.807) is 6.33 Å². The molecule has 3 rings (SSSR count). The standard InChI is InChI=1S/C14H20N4O3/c15-9-4-2-1-3-8(9)13(19)18-6-11-10(16-7-17-11)5-12(18)14(20)21/h7-9,12H,1-6,15H2,(H,16,17)(H,20,21). The second-order valence-electron chi connectivity index (χ2n) is 5.91. The van der Waals surface area contributed by atoms with E-state index in [4.69, 9.17) is 5.73 Å². The highest BCUT2D eigenvalue weighted by molar-refractivity contribution is 5.86. The molecule has 0 aromatic carbocycles. The van der Waals surface area contributed by atoms with Gasteiger partial charge in [0.25, 0.3) is 0 Å². The predicted octanol–water partition coefficient (Wildman–Crippen LogP) is 0.265. The molecule has 7 nitrogen and oxygen atoms in total. The first-order chi connectivity index (χ1) is 10.1. The van der Waals surface area contributed by atoms with Gasteiger partial charge in [-0.25, -0.2) is 9.78 Å². The molecule has 2 heterocycles. The predicted molar refractivity (Wildman–Crippen MR) is 74.2 cm³/mol. The topological polar surface area (TPSA) is 112 Å². The maximum Gasteiger partial charge on any atom is 0.326 e. The molecule has 0 saturated heterocycles. The lowest BCUT2D eigenvalue weighted by molar-refractivity contribution is -0.154. The second-order valence-corrected chi connectivity index (χ2v) is 5.91. The summed E-state index contributed by atoms with van der Waals surface area (Å²) in [6, 6.07) is -1.01. The number of nitrogens with one attached hydrogen (secondary N) is 1. The zero-order valence-electron chi connectivity index (χ0n) is 11.8. The molecule has 1 amide bonds. The summed E-state index contributed by atoms with van der Waals surface area (Å²) in [5, 5.41) is 9.42. The van der Waals surface area contributed by atoms with Crippen molar-refractivity contribution < 1.29 is 14.7 Å². The van der Waals surface area contributed by atoms with Crippen molar-refractivity contribution in [1.29, 1.82) is 0 Å². The van der Waals surface area contributed by atoms with Crippen molar-refractivity contribution >= 4 is 11.9 Å².